The number of rotatable bonds is 7. The molecule has 23 heavy (non-hydrogen) atoms. The molecule has 0 spiro atoms. The van der Waals surface area contributed by atoms with Crippen LogP contribution >= 0.6 is 35.3 Å². The number of hydrogen-bond donors (Lipinski definition) is 2. The van der Waals surface area contributed by atoms with E-state index in [2.05, 4.69) is 34.5 Å². The zero-order valence-corrected chi connectivity index (χ0v) is 16.7. The van der Waals surface area contributed by atoms with Gasteiger partial charge in [-0.3, -0.25) is 4.99 Å². The van der Waals surface area contributed by atoms with E-state index in [4.69, 9.17) is 0 Å². The molecule has 0 radical (unpaired) electrons. The summed E-state index contributed by atoms with van der Waals surface area (Å²) in [6.45, 7) is 6.98. The predicted molar refractivity (Wildman–Crippen MR) is 100.0 cm³/mol. The van der Waals surface area contributed by atoms with Gasteiger partial charge in [0.2, 0.25) is 0 Å². The summed E-state index contributed by atoms with van der Waals surface area (Å²) < 4.78 is 36.3. The van der Waals surface area contributed by atoms with Crippen LogP contribution < -0.4 is 10.6 Å². The molecule has 0 amide bonds. The van der Waals surface area contributed by atoms with E-state index in [0.717, 1.165) is 10.7 Å². The molecule has 0 unspecified atom stereocenters. The van der Waals surface area contributed by atoms with Gasteiger partial charge in [-0.2, -0.15) is 13.2 Å². The van der Waals surface area contributed by atoms with Crippen molar-refractivity contribution in [1.82, 2.24) is 15.6 Å². The molecule has 0 aliphatic rings. The molecule has 0 aliphatic carbocycles. The molecule has 134 valence electrons. The summed E-state index contributed by atoms with van der Waals surface area (Å²) in [4.78, 5) is 8.44. The van der Waals surface area contributed by atoms with E-state index >= 15 is 0 Å². The van der Waals surface area contributed by atoms with Crippen molar-refractivity contribution < 1.29 is 13.2 Å². The molecule has 0 saturated carbocycles. The quantitative estimate of drug-likeness (QED) is 0.365. The van der Waals surface area contributed by atoms with E-state index in [1.54, 1.807) is 11.3 Å². The van der Waals surface area contributed by atoms with Gasteiger partial charge < -0.3 is 10.6 Å². The van der Waals surface area contributed by atoms with Gasteiger partial charge >= 0.3 is 6.18 Å². The van der Waals surface area contributed by atoms with Crippen LogP contribution in [0.3, 0.4) is 0 Å². The molecule has 0 bridgehead atoms. The number of aromatic nitrogens is 1. The van der Waals surface area contributed by atoms with Gasteiger partial charge in [0.1, 0.15) is 0 Å². The van der Waals surface area contributed by atoms with Crippen molar-refractivity contribution in [3.8, 4) is 0 Å². The van der Waals surface area contributed by atoms with Gasteiger partial charge in [0, 0.05) is 30.8 Å². The summed E-state index contributed by atoms with van der Waals surface area (Å²) >= 11 is 1.63. The third-order valence-corrected chi connectivity index (χ3v) is 3.94. The van der Waals surface area contributed by atoms with Crippen molar-refractivity contribution in [2.24, 2.45) is 4.99 Å². The number of aliphatic imine (C=N–C) groups is 1. The van der Waals surface area contributed by atoms with Crippen LogP contribution in [-0.4, -0.2) is 36.8 Å². The Morgan fingerprint density at radius 1 is 1.35 bits per heavy atom. The summed E-state index contributed by atoms with van der Waals surface area (Å²) in [5.74, 6) is 0.819. The highest BCUT2D eigenvalue weighted by atomic mass is 127. The van der Waals surface area contributed by atoms with Crippen LogP contribution in [0, 0.1) is 0 Å². The van der Waals surface area contributed by atoms with Crippen molar-refractivity contribution in [3.05, 3.63) is 16.1 Å². The Morgan fingerprint density at radius 3 is 2.57 bits per heavy atom. The molecule has 0 aromatic carbocycles. The Hall–Kier alpha value is -0.580. The van der Waals surface area contributed by atoms with E-state index in [1.807, 2.05) is 12.3 Å². The molecule has 1 aromatic heterocycles. The van der Waals surface area contributed by atoms with Crippen molar-refractivity contribution in [1.29, 1.82) is 0 Å². The molecule has 2 N–H and O–H groups in total. The summed E-state index contributed by atoms with van der Waals surface area (Å²) in [6, 6.07) is 0. The van der Waals surface area contributed by atoms with Crippen molar-refractivity contribution in [2.45, 2.75) is 45.7 Å². The fourth-order valence-corrected chi connectivity index (χ4v) is 2.52. The summed E-state index contributed by atoms with van der Waals surface area (Å²) in [5, 5.41) is 9.08. The molecule has 4 nitrogen and oxygen atoms in total. The Kier molecular flexibility index (Phi) is 10.8. The smallest absolute Gasteiger partial charge is 0.357 e. The molecule has 9 heteroatoms. The number of hydrogen-bond acceptors (Lipinski definition) is 3. The average molecular weight is 464 g/mol. The number of guanidine groups is 1. The first-order chi connectivity index (χ1) is 10.3. The van der Waals surface area contributed by atoms with Crippen LogP contribution in [-0.2, 0) is 6.42 Å². The lowest BCUT2D eigenvalue weighted by Crippen LogP contribution is -2.38. The van der Waals surface area contributed by atoms with E-state index in [1.165, 1.54) is 0 Å². The van der Waals surface area contributed by atoms with Gasteiger partial charge in [0.25, 0.3) is 0 Å². The van der Waals surface area contributed by atoms with E-state index in [9.17, 15) is 13.2 Å². The van der Waals surface area contributed by atoms with Crippen molar-refractivity contribution in [3.63, 3.8) is 0 Å². The standard InChI is InChI=1S/C14H23F3N4S.HI/c1-4-18-13(20-8-6-14(15,16)17)19-7-5-11-9-22-12(21-11)10(2)3;/h9-10H,4-8H2,1-3H3,(H2,18,19,20);1H. The van der Waals surface area contributed by atoms with Gasteiger partial charge in [-0.15, -0.1) is 35.3 Å². The van der Waals surface area contributed by atoms with Crippen molar-refractivity contribution in [2.75, 3.05) is 19.6 Å². The van der Waals surface area contributed by atoms with Gasteiger partial charge in [0.15, 0.2) is 5.96 Å². The molecular formula is C14H24F3IN4S. The monoisotopic (exact) mass is 464 g/mol. The SMILES string of the molecule is CCNC(=NCCC(F)(F)F)NCCc1csc(C(C)C)n1.I. The first-order valence-corrected chi connectivity index (χ1v) is 8.23. The fourth-order valence-electron chi connectivity index (χ4n) is 1.65. The van der Waals surface area contributed by atoms with Gasteiger partial charge in [-0.05, 0) is 6.92 Å². The average Bonchev–Trinajstić information content (AvgIpc) is 2.86. The van der Waals surface area contributed by atoms with Gasteiger partial charge in [-0.25, -0.2) is 4.98 Å². The summed E-state index contributed by atoms with van der Waals surface area (Å²) in [6.07, 6.45) is -4.37. The molecule has 0 fully saturated rings. The van der Waals surface area contributed by atoms with Crippen LogP contribution in [0.15, 0.2) is 10.4 Å². The van der Waals surface area contributed by atoms with E-state index in [0.29, 0.717) is 31.4 Å². The lowest BCUT2D eigenvalue weighted by atomic mass is 10.2. The first kappa shape index (κ1) is 22.4. The highest BCUT2D eigenvalue weighted by Gasteiger charge is 2.26. The number of halogens is 4. The van der Waals surface area contributed by atoms with Crippen LogP contribution in [0.25, 0.3) is 0 Å². The Balaban J connectivity index is 0.00000484. The highest BCUT2D eigenvalue weighted by Crippen LogP contribution is 2.19. The molecule has 1 rings (SSSR count). The molecular weight excluding hydrogens is 440 g/mol. The zero-order valence-electron chi connectivity index (χ0n) is 13.5. The van der Waals surface area contributed by atoms with Crippen LogP contribution in [0.4, 0.5) is 13.2 Å². The molecule has 0 atom stereocenters. The van der Waals surface area contributed by atoms with Crippen LogP contribution in [0.1, 0.15) is 43.8 Å². The molecule has 0 aliphatic heterocycles. The Bertz CT molecular complexity index is 475. The Labute approximate surface area is 156 Å². The topological polar surface area (TPSA) is 49.3 Å². The maximum absolute atomic E-state index is 12.1. The maximum atomic E-state index is 12.1. The van der Waals surface area contributed by atoms with Crippen molar-refractivity contribution >= 4 is 41.3 Å². The van der Waals surface area contributed by atoms with E-state index in [-0.39, 0.29) is 30.5 Å². The molecule has 0 saturated heterocycles. The van der Waals surface area contributed by atoms with E-state index < -0.39 is 12.6 Å². The lowest BCUT2D eigenvalue weighted by Gasteiger charge is -2.11. The second-order valence-electron chi connectivity index (χ2n) is 5.13. The number of nitrogens with zero attached hydrogens (tertiary/aromatic N) is 2. The minimum atomic E-state index is -4.17. The Morgan fingerprint density at radius 2 is 2.04 bits per heavy atom. The van der Waals surface area contributed by atoms with Crippen LogP contribution in [0.2, 0.25) is 0 Å². The number of thiazole rings is 1. The largest absolute Gasteiger partial charge is 0.390 e. The third-order valence-electron chi connectivity index (χ3n) is 2.75. The zero-order chi connectivity index (χ0) is 16.6. The first-order valence-electron chi connectivity index (χ1n) is 7.35. The highest BCUT2D eigenvalue weighted by molar-refractivity contribution is 14.0. The summed E-state index contributed by atoms with van der Waals surface area (Å²) in [5.41, 5.74) is 0.993. The normalized spacial score (nSPS) is 12.2. The molecule has 1 aromatic rings. The second kappa shape index (κ2) is 11.1. The third kappa shape index (κ3) is 10.0. The summed E-state index contributed by atoms with van der Waals surface area (Å²) in [7, 11) is 0. The predicted octanol–water partition coefficient (Wildman–Crippen LogP) is 3.93. The van der Waals surface area contributed by atoms with Gasteiger partial charge in [-0.1, -0.05) is 13.8 Å². The number of nitrogens with one attached hydrogen (secondary N) is 2. The van der Waals surface area contributed by atoms with Crippen LogP contribution in [0.5, 0.6) is 0 Å². The van der Waals surface area contributed by atoms with Gasteiger partial charge in [0.05, 0.1) is 23.7 Å². The maximum Gasteiger partial charge on any atom is 0.390 e. The second-order valence-corrected chi connectivity index (χ2v) is 6.02. The number of alkyl halides is 3. The fraction of sp³-hybridized carbons (Fsp3) is 0.714. The lowest BCUT2D eigenvalue weighted by molar-refractivity contribution is -0.132. The minimum absolute atomic E-state index is 0. The minimum Gasteiger partial charge on any atom is -0.357 e. The molecule has 1 heterocycles.